The smallest absolute Gasteiger partial charge is 0.294 e. The highest BCUT2D eigenvalue weighted by Gasteiger charge is 2.34. The minimum Gasteiger partial charge on any atom is -0.355 e. The average Bonchev–Trinajstić information content (AvgIpc) is 3.13. The summed E-state index contributed by atoms with van der Waals surface area (Å²) in [5.41, 5.74) is 4.69. The quantitative estimate of drug-likeness (QED) is 0.122. The zero-order valence-electron chi connectivity index (χ0n) is 28.8. The van der Waals surface area contributed by atoms with Crippen LogP contribution in [-0.4, -0.2) is 43.8 Å². The second kappa shape index (κ2) is 16.3. The van der Waals surface area contributed by atoms with Crippen LogP contribution >= 0.6 is 0 Å². The normalized spacial score (nSPS) is 11.5. The molecule has 0 unspecified atom stereocenters. The standard InChI is InChI=1S/C30H20N2O3.C8H10O5S2.C2H6.CH4/c1-32-23-17-16-22(31-19-12-6-3-7-13-19)25-26(23)24(20-14-8-9-15-21(20)29(25)34)27(30(32)35)28(33)18-10-4-2-5-11-18;1-14(9,10)6-7-2-4-8(5-3-7)15(11,12)13;1-2;/h2-17,31H,1H3;2-5H,6H2,1H3,(H,11,12,13);1-2H3;1H4. The summed E-state index contributed by atoms with van der Waals surface area (Å²) >= 11 is 0. The van der Waals surface area contributed by atoms with Crippen molar-refractivity contribution in [3.8, 4) is 11.1 Å². The molecule has 0 atom stereocenters. The minimum atomic E-state index is -4.21. The van der Waals surface area contributed by atoms with E-state index in [1.807, 2.05) is 74.5 Å². The molecule has 0 radical (unpaired) electrons. The van der Waals surface area contributed by atoms with Crippen molar-refractivity contribution >= 4 is 53.8 Å². The van der Waals surface area contributed by atoms with Gasteiger partial charge in [-0.05, 0) is 47.5 Å². The number of aryl methyl sites for hydroxylation is 1. The monoisotopic (exact) mass is 752 g/mol. The number of para-hydroxylation sites is 1. The Bertz CT molecular complexity index is 2580. The second-order valence-electron chi connectivity index (χ2n) is 11.7. The molecule has 1 aromatic heterocycles. The van der Waals surface area contributed by atoms with Gasteiger partial charge in [0.05, 0.1) is 33.0 Å². The van der Waals surface area contributed by atoms with Crippen LogP contribution in [0, 0.1) is 0 Å². The number of nitrogens with zero attached hydrogens (tertiary/aromatic N) is 1. The molecule has 0 saturated carbocycles. The lowest BCUT2D eigenvalue weighted by Gasteiger charge is -2.25. The van der Waals surface area contributed by atoms with Gasteiger partial charge in [-0.1, -0.05) is 106 Å². The van der Waals surface area contributed by atoms with Crippen molar-refractivity contribution in [2.75, 3.05) is 11.6 Å². The minimum absolute atomic E-state index is 0. The third kappa shape index (κ3) is 8.52. The summed E-state index contributed by atoms with van der Waals surface area (Å²) in [5.74, 6) is -0.660. The number of sulfone groups is 1. The SMILES string of the molecule is C.CC.CS(=O)(=O)Cc1ccc(S(=O)(=O)O)cc1.Cn1c(=O)c(C(=O)c2ccccc2)c2c3c(c(Nc4ccccc4)ccc31)C(=O)c1ccccc1-2. The van der Waals surface area contributed by atoms with Crippen molar-refractivity contribution < 1.29 is 31.0 Å². The number of rotatable bonds is 7. The highest BCUT2D eigenvalue weighted by Crippen LogP contribution is 2.44. The van der Waals surface area contributed by atoms with Gasteiger partial charge in [0.2, 0.25) is 0 Å². The Balaban J connectivity index is 0.000000295. The van der Waals surface area contributed by atoms with E-state index in [9.17, 15) is 31.2 Å². The Morgan fingerprint density at radius 2 is 1.26 bits per heavy atom. The average molecular weight is 753 g/mol. The molecule has 5 aromatic carbocycles. The summed E-state index contributed by atoms with van der Waals surface area (Å²) < 4.78 is 53.3. The molecule has 0 aliphatic heterocycles. The Labute approximate surface area is 309 Å². The van der Waals surface area contributed by atoms with Crippen LogP contribution in [0.3, 0.4) is 0 Å². The van der Waals surface area contributed by atoms with Crippen molar-refractivity contribution in [2.45, 2.75) is 31.9 Å². The second-order valence-corrected chi connectivity index (χ2v) is 15.3. The van der Waals surface area contributed by atoms with Gasteiger partial charge in [-0.3, -0.25) is 18.9 Å². The van der Waals surface area contributed by atoms with E-state index in [2.05, 4.69) is 5.32 Å². The highest BCUT2D eigenvalue weighted by molar-refractivity contribution is 7.89. The molecule has 0 bridgehead atoms. The fraction of sp³-hybridized carbons (Fsp3) is 0.146. The largest absolute Gasteiger partial charge is 0.355 e. The molecule has 0 saturated heterocycles. The molecule has 1 aliphatic carbocycles. The van der Waals surface area contributed by atoms with E-state index in [4.69, 9.17) is 4.55 Å². The summed E-state index contributed by atoms with van der Waals surface area (Å²) in [7, 11) is -5.71. The zero-order chi connectivity index (χ0) is 37.8. The first-order valence-electron chi connectivity index (χ1n) is 16.2. The van der Waals surface area contributed by atoms with Crippen LogP contribution in [0.25, 0.3) is 22.0 Å². The first kappa shape index (κ1) is 40.1. The fourth-order valence-electron chi connectivity index (χ4n) is 5.96. The van der Waals surface area contributed by atoms with Crippen molar-refractivity contribution in [3.63, 3.8) is 0 Å². The maximum Gasteiger partial charge on any atom is 0.294 e. The summed E-state index contributed by atoms with van der Waals surface area (Å²) in [4.78, 5) is 40.9. The van der Waals surface area contributed by atoms with Crippen molar-refractivity contribution in [2.24, 2.45) is 7.05 Å². The molecule has 1 aliphatic rings. The molecular weight excluding hydrogens is 713 g/mol. The summed E-state index contributed by atoms with van der Waals surface area (Å²) in [6.45, 7) is 4.00. The molecule has 0 fully saturated rings. The van der Waals surface area contributed by atoms with E-state index in [-0.39, 0.29) is 40.8 Å². The van der Waals surface area contributed by atoms with Gasteiger partial charge in [-0.15, -0.1) is 0 Å². The van der Waals surface area contributed by atoms with Crippen LogP contribution in [0.5, 0.6) is 0 Å². The Morgan fingerprint density at radius 3 is 1.83 bits per heavy atom. The van der Waals surface area contributed by atoms with Gasteiger partial charge < -0.3 is 9.88 Å². The van der Waals surface area contributed by atoms with E-state index in [1.54, 1.807) is 43.4 Å². The van der Waals surface area contributed by atoms with E-state index in [1.165, 1.54) is 16.7 Å². The first-order chi connectivity index (χ1) is 24.7. The van der Waals surface area contributed by atoms with E-state index < -0.39 is 20.0 Å². The third-order valence-corrected chi connectivity index (χ3v) is 9.92. The number of ketones is 2. The lowest BCUT2D eigenvalue weighted by molar-refractivity contribution is 0.102. The number of nitrogens with one attached hydrogen (secondary N) is 1. The van der Waals surface area contributed by atoms with Crippen LogP contribution in [0.15, 0.2) is 131 Å². The lowest BCUT2D eigenvalue weighted by Crippen LogP contribution is -2.29. The Hall–Kier alpha value is -5.69. The van der Waals surface area contributed by atoms with Gasteiger partial charge in [0, 0.05) is 41.1 Å². The number of hydrogen-bond donors (Lipinski definition) is 2. The summed E-state index contributed by atoms with van der Waals surface area (Å²) in [5, 5.41) is 3.97. The molecule has 10 nitrogen and oxygen atoms in total. The van der Waals surface area contributed by atoms with Gasteiger partial charge in [0.1, 0.15) is 0 Å². The van der Waals surface area contributed by atoms with Crippen molar-refractivity contribution in [1.82, 2.24) is 4.57 Å². The lowest BCUT2D eigenvalue weighted by atomic mass is 9.80. The van der Waals surface area contributed by atoms with Gasteiger partial charge in [0.15, 0.2) is 21.4 Å². The number of carbonyl (C=O) groups is 2. The molecular formula is C41H40N2O8S2. The molecule has 12 heteroatoms. The van der Waals surface area contributed by atoms with Crippen LogP contribution in [-0.2, 0) is 32.8 Å². The number of carbonyl (C=O) groups excluding carboxylic acids is 2. The molecule has 1 heterocycles. The Morgan fingerprint density at radius 1 is 0.717 bits per heavy atom. The van der Waals surface area contributed by atoms with Gasteiger partial charge in [-0.25, -0.2) is 8.42 Å². The molecule has 0 amide bonds. The predicted molar refractivity (Wildman–Crippen MR) is 211 cm³/mol. The maximum absolute atomic E-state index is 13.8. The number of hydrogen-bond acceptors (Lipinski definition) is 8. The fourth-order valence-corrected chi connectivity index (χ4v) is 7.24. The number of anilines is 2. The van der Waals surface area contributed by atoms with Gasteiger partial charge >= 0.3 is 0 Å². The van der Waals surface area contributed by atoms with Crippen molar-refractivity contribution in [1.29, 1.82) is 0 Å². The first-order valence-corrected chi connectivity index (χ1v) is 19.7. The molecule has 0 spiro atoms. The number of benzene rings is 5. The molecule has 6 aromatic rings. The molecule has 2 N–H and O–H groups in total. The van der Waals surface area contributed by atoms with E-state index >= 15 is 0 Å². The molecule has 53 heavy (non-hydrogen) atoms. The van der Waals surface area contributed by atoms with E-state index in [0.717, 1.165) is 24.1 Å². The van der Waals surface area contributed by atoms with Gasteiger partial charge in [0.25, 0.3) is 15.7 Å². The van der Waals surface area contributed by atoms with E-state index in [0.29, 0.717) is 50.0 Å². The molecule has 7 rings (SSSR count). The predicted octanol–water partition coefficient (Wildman–Crippen LogP) is 7.86. The van der Waals surface area contributed by atoms with Gasteiger partial charge in [-0.2, -0.15) is 8.42 Å². The van der Waals surface area contributed by atoms with Crippen molar-refractivity contribution in [3.05, 3.63) is 159 Å². The number of fused-ring (bicyclic) bond motifs is 2. The van der Waals surface area contributed by atoms with Crippen LogP contribution in [0.4, 0.5) is 11.4 Å². The number of pyridine rings is 1. The molecule has 274 valence electrons. The van der Waals surface area contributed by atoms with Crippen LogP contribution < -0.4 is 10.9 Å². The highest BCUT2D eigenvalue weighted by atomic mass is 32.2. The topological polar surface area (TPSA) is 157 Å². The Kier molecular flexibility index (Phi) is 12.3. The van der Waals surface area contributed by atoms with Crippen LogP contribution in [0.2, 0.25) is 0 Å². The van der Waals surface area contributed by atoms with Crippen LogP contribution in [0.1, 0.15) is 58.7 Å². The summed E-state index contributed by atoms with van der Waals surface area (Å²) in [6, 6.07) is 34.2. The third-order valence-electron chi connectivity index (χ3n) is 8.20. The summed E-state index contributed by atoms with van der Waals surface area (Å²) in [6.07, 6.45) is 1.09. The zero-order valence-corrected chi connectivity index (χ0v) is 30.5. The maximum atomic E-state index is 13.8. The number of aromatic nitrogens is 1.